The fourth-order valence-electron chi connectivity index (χ4n) is 2.34. The van der Waals surface area contributed by atoms with E-state index in [0.29, 0.717) is 5.69 Å². The first-order valence-corrected chi connectivity index (χ1v) is 7.66. The number of hydrogen-bond acceptors (Lipinski definition) is 3. The number of carbonyl (C=O) groups is 2. The van der Waals surface area contributed by atoms with Crippen LogP contribution >= 0.6 is 0 Å². The van der Waals surface area contributed by atoms with Gasteiger partial charge in [0.25, 0.3) is 5.91 Å². The van der Waals surface area contributed by atoms with Crippen molar-refractivity contribution in [1.82, 2.24) is 0 Å². The van der Waals surface area contributed by atoms with Crippen molar-refractivity contribution in [1.29, 1.82) is 5.26 Å². The van der Waals surface area contributed by atoms with E-state index >= 15 is 0 Å². The Labute approximate surface area is 146 Å². The Bertz CT molecular complexity index is 904. The summed E-state index contributed by atoms with van der Waals surface area (Å²) in [5, 5.41) is 20.8. The van der Waals surface area contributed by atoms with Crippen LogP contribution in [0.25, 0.3) is 6.08 Å². The Kier molecular flexibility index (Phi) is 5.35. The number of anilines is 1. The standard InChI is InChI=1S/C20H18N2O3/c1-12-8-14(3)16(9-13(12)2)10-17(11-21)19(23)22-18-6-4-15(5-7-18)20(24)25/h4-10H,1-3H3,(H,22,23)(H,24,25)/b17-10+. The molecule has 0 saturated heterocycles. The lowest BCUT2D eigenvalue weighted by molar-refractivity contribution is -0.112. The number of hydrogen-bond donors (Lipinski definition) is 2. The molecule has 5 nitrogen and oxygen atoms in total. The first kappa shape index (κ1) is 18.0. The maximum atomic E-state index is 12.3. The summed E-state index contributed by atoms with van der Waals surface area (Å²) in [6, 6.07) is 11.6. The van der Waals surface area contributed by atoms with E-state index in [-0.39, 0.29) is 11.1 Å². The highest BCUT2D eigenvalue weighted by Crippen LogP contribution is 2.19. The molecule has 2 N–H and O–H groups in total. The fourth-order valence-corrected chi connectivity index (χ4v) is 2.34. The topological polar surface area (TPSA) is 90.2 Å². The smallest absolute Gasteiger partial charge is 0.335 e. The van der Waals surface area contributed by atoms with Crippen molar-refractivity contribution in [3.8, 4) is 6.07 Å². The molecule has 0 saturated carbocycles. The summed E-state index contributed by atoms with van der Waals surface area (Å²) in [6.45, 7) is 5.91. The van der Waals surface area contributed by atoms with E-state index in [1.54, 1.807) is 6.08 Å². The highest BCUT2D eigenvalue weighted by molar-refractivity contribution is 6.09. The van der Waals surface area contributed by atoms with Gasteiger partial charge in [-0.3, -0.25) is 4.79 Å². The SMILES string of the molecule is Cc1cc(C)c(/C=C(\C#N)C(=O)Nc2ccc(C(=O)O)cc2)cc1C. The minimum absolute atomic E-state index is 0.0198. The van der Waals surface area contributed by atoms with Gasteiger partial charge in [0, 0.05) is 5.69 Å². The number of aromatic carboxylic acids is 1. The molecule has 5 heteroatoms. The molecule has 0 heterocycles. The summed E-state index contributed by atoms with van der Waals surface area (Å²) in [7, 11) is 0. The Morgan fingerprint density at radius 1 is 1.04 bits per heavy atom. The largest absolute Gasteiger partial charge is 0.478 e. The van der Waals surface area contributed by atoms with E-state index in [4.69, 9.17) is 5.11 Å². The molecule has 0 unspecified atom stereocenters. The Morgan fingerprint density at radius 3 is 2.20 bits per heavy atom. The minimum atomic E-state index is -1.04. The van der Waals surface area contributed by atoms with E-state index in [9.17, 15) is 14.9 Å². The number of benzene rings is 2. The van der Waals surface area contributed by atoms with Crippen molar-refractivity contribution < 1.29 is 14.7 Å². The van der Waals surface area contributed by atoms with Crippen LogP contribution < -0.4 is 5.32 Å². The van der Waals surface area contributed by atoms with Gasteiger partial charge in [-0.1, -0.05) is 12.1 Å². The molecule has 25 heavy (non-hydrogen) atoms. The summed E-state index contributed by atoms with van der Waals surface area (Å²) >= 11 is 0. The van der Waals surface area contributed by atoms with Gasteiger partial charge in [-0.15, -0.1) is 0 Å². The van der Waals surface area contributed by atoms with Gasteiger partial charge in [0.2, 0.25) is 0 Å². The molecule has 0 aliphatic rings. The highest BCUT2D eigenvalue weighted by atomic mass is 16.4. The van der Waals surface area contributed by atoms with Gasteiger partial charge in [0.05, 0.1) is 5.56 Å². The Balaban J connectivity index is 2.25. The molecule has 2 rings (SSSR count). The molecule has 0 atom stereocenters. The van der Waals surface area contributed by atoms with Crippen molar-refractivity contribution in [2.45, 2.75) is 20.8 Å². The van der Waals surface area contributed by atoms with Crippen LogP contribution in [0.2, 0.25) is 0 Å². The summed E-state index contributed by atoms with van der Waals surface area (Å²) in [6.07, 6.45) is 1.56. The predicted molar refractivity (Wildman–Crippen MR) is 96.3 cm³/mol. The summed E-state index contributed by atoms with van der Waals surface area (Å²) in [4.78, 5) is 23.1. The molecule has 2 aromatic carbocycles. The molecule has 126 valence electrons. The minimum Gasteiger partial charge on any atom is -0.478 e. The van der Waals surface area contributed by atoms with Gasteiger partial charge in [0.15, 0.2) is 0 Å². The Morgan fingerprint density at radius 2 is 1.64 bits per heavy atom. The second kappa shape index (κ2) is 7.45. The van der Waals surface area contributed by atoms with Crippen LogP contribution in [0.15, 0.2) is 42.0 Å². The second-order valence-corrected chi connectivity index (χ2v) is 5.80. The number of nitrogens with zero attached hydrogens (tertiary/aromatic N) is 1. The van der Waals surface area contributed by atoms with Crippen molar-refractivity contribution in [3.63, 3.8) is 0 Å². The quantitative estimate of drug-likeness (QED) is 0.656. The molecule has 0 radical (unpaired) electrons. The number of carbonyl (C=O) groups excluding carboxylic acids is 1. The molecular weight excluding hydrogens is 316 g/mol. The highest BCUT2D eigenvalue weighted by Gasteiger charge is 2.11. The predicted octanol–water partition coefficient (Wildman–Crippen LogP) is 3.86. The van der Waals surface area contributed by atoms with E-state index < -0.39 is 11.9 Å². The number of carboxylic acid groups (broad SMARTS) is 1. The van der Waals surface area contributed by atoms with Crippen LogP contribution in [0.5, 0.6) is 0 Å². The van der Waals surface area contributed by atoms with Crippen LogP contribution in [-0.4, -0.2) is 17.0 Å². The number of rotatable bonds is 4. The Hall–Kier alpha value is -3.39. The van der Waals surface area contributed by atoms with Crippen LogP contribution in [-0.2, 0) is 4.79 Å². The number of nitrogens with one attached hydrogen (secondary N) is 1. The third-order valence-electron chi connectivity index (χ3n) is 3.94. The van der Waals surface area contributed by atoms with Crippen LogP contribution in [0.4, 0.5) is 5.69 Å². The molecule has 0 bridgehead atoms. The average molecular weight is 334 g/mol. The summed E-state index contributed by atoms with van der Waals surface area (Å²) in [5.74, 6) is -1.58. The number of aryl methyl sites for hydroxylation is 3. The first-order valence-electron chi connectivity index (χ1n) is 7.66. The van der Waals surface area contributed by atoms with Gasteiger partial charge in [-0.2, -0.15) is 5.26 Å². The average Bonchev–Trinajstić information content (AvgIpc) is 2.57. The van der Waals surface area contributed by atoms with Crippen molar-refractivity contribution in [3.05, 3.63) is 69.8 Å². The number of carboxylic acids is 1. The van der Waals surface area contributed by atoms with Gasteiger partial charge < -0.3 is 10.4 Å². The first-order chi connectivity index (χ1) is 11.8. The fraction of sp³-hybridized carbons (Fsp3) is 0.150. The van der Waals surface area contributed by atoms with E-state index in [1.165, 1.54) is 24.3 Å². The van der Waals surface area contributed by atoms with Crippen molar-refractivity contribution in [2.75, 3.05) is 5.32 Å². The number of amides is 1. The van der Waals surface area contributed by atoms with Crippen molar-refractivity contribution in [2.24, 2.45) is 0 Å². The van der Waals surface area contributed by atoms with Crippen LogP contribution in [0, 0.1) is 32.1 Å². The zero-order valence-corrected chi connectivity index (χ0v) is 14.3. The molecule has 1 amide bonds. The van der Waals surface area contributed by atoms with Gasteiger partial charge >= 0.3 is 5.97 Å². The molecule has 2 aromatic rings. The molecule has 0 aliphatic heterocycles. The molecule has 0 spiro atoms. The van der Waals surface area contributed by atoms with E-state index in [0.717, 1.165) is 22.3 Å². The summed E-state index contributed by atoms with van der Waals surface area (Å²) < 4.78 is 0. The lowest BCUT2D eigenvalue weighted by atomic mass is 9.99. The van der Waals surface area contributed by atoms with Crippen LogP contribution in [0.1, 0.15) is 32.6 Å². The molecular formula is C20H18N2O3. The molecule has 0 aliphatic carbocycles. The van der Waals surface area contributed by atoms with Crippen molar-refractivity contribution >= 4 is 23.6 Å². The van der Waals surface area contributed by atoms with E-state index in [1.807, 2.05) is 39.0 Å². The third kappa shape index (κ3) is 4.33. The molecule has 0 fully saturated rings. The summed E-state index contributed by atoms with van der Waals surface area (Å²) in [5.41, 5.74) is 4.56. The lowest BCUT2D eigenvalue weighted by Crippen LogP contribution is -2.13. The monoisotopic (exact) mass is 334 g/mol. The van der Waals surface area contributed by atoms with Gasteiger partial charge in [-0.25, -0.2) is 4.79 Å². The normalized spacial score (nSPS) is 10.9. The maximum absolute atomic E-state index is 12.3. The zero-order valence-electron chi connectivity index (χ0n) is 14.3. The lowest BCUT2D eigenvalue weighted by Gasteiger charge is -2.08. The third-order valence-corrected chi connectivity index (χ3v) is 3.94. The molecule has 0 aromatic heterocycles. The number of nitriles is 1. The maximum Gasteiger partial charge on any atom is 0.335 e. The second-order valence-electron chi connectivity index (χ2n) is 5.80. The van der Waals surface area contributed by atoms with Gasteiger partial charge in [-0.05, 0) is 73.4 Å². The van der Waals surface area contributed by atoms with E-state index in [2.05, 4.69) is 5.32 Å². The van der Waals surface area contributed by atoms with Gasteiger partial charge in [0.1, 0.15) is 11.6 Å². The van der Waals surface area contributed by atoms with Crippen LogP contribution in [0.3, 0.4) is 0 Å². The zero-order chi connectivity index (χ0) is 18.6.